The lowest BCUT2D eigenvalue weighted by Crippen LogP contribution is -2.33. The fourth-order valence-corrected chi connectivity index (χ4v) is 3.35. The number of pyridine rings is 2. The summed E-state index contributed by atoms with van der Waals surface area (Å²) in [4.78, 5) is 5.55. The van der Waals surface area contributed by atoms with Crippen LogP contribution in [0.15, 0.2) is 59.3 Å². The standard InChI is InChI=1S/C22H32N8/c23-27-25-13-5-1-3-7-15-29-17-9-21(10-18-29)22-11-19-30(20-12-22)16-8-4-2-6-14-26-28-24/h9-12,17-20H,1-8,13-16H2/q+2. The van der Waals surface area contributed by atoms with Gasteiger partial charge >= 0.3 is 0 Å². The van der Waals surface area contributed by atoms with Crippen LogP contribution in [0.5, 0.6) is 0 Å². The molecule has 8 heteroatoms. The molecule has 0 aromatic carbocycles. The predicted octanol–water partition coefficient (Wildman–Crippen LogP) is 5.67. The minimum atomic E-state index is 0.605. The van der Waals surface area contributed by atoms with E-state index >= 15 is 0 Å². The van der Waals surface area contributed by atoms with Crippen molar-refractivity contribution in [2.24, 2.45) is 10.2 Å². The summed E-state index contributed by atoms with van der Waals surface area (Å²) in [7, 11) is 0. The van der Waals surface area contributed by atoms with Gasteiger partial charge in [-0.3, -0.25) is 0 Å². The third kappa shape index (κ3) is 9.41. The van der Waals surface area contributed by atoms with Gasteiger partial charge in [-0.2, -0.15) is 0 Å². The molecule has 0 N–H and O–H groups in total. The fraction of sp³-hybridized carbons (Fsp3) is 0.545. The maximum atomic E-state index is 8.25. The summed E-state index contributed by atoms with van der Waals surface area (Å²) in [6.07, 6.45) is 17.3. The molecule has 0 atom stereocenters. The van der Waals surface area contributed by atoms with Gasteiger partial charge in [-0.15, -0.1) is 0 Å². The molecule has 0 aliphatic carbocycles. The lowest BCUT2D eigenvalue weighted by Gasteiger charge is -2.02. The highest BCUT2D eigenvalue weighted by atomic mass is 15.1. The van der Waals surface area contributed by atoms with Crippen LogP contribution >= 0.6 is 0 Å². The van der Waals surface area contributed by atoms with Gasteiger partial charge in [0.15, 0.2) is 24.8 Å². The second-order valence-electron chi connectivity index (χ2n) is 7.39. The molecule has 0 fully saturated rings. The molecule has 2 rings (SSSR count). The summed E-state index contributed by atoms with van der Waals surface area (Å²) in [5, 5.41) is 7.13. The highest BCUT2D eigenvalue weighted by Gasteiger charge is 2.06. The summed E-state index contributed by atoms with van der Waals surface area (Å²) in [5.74, 6) is 0. The number of nitrogens with zero attached hydrogens (tertiary/aromatic N) is 8. The second kappa shape index (κ2) is 14.9. The maximum Gasteiger partial charge on any atom is 0.169 e. The first-order valence-electron chi connectivity index (χ1n) is 10.8. The second-order valence-corrected chi connectivity index (χ2v) is 7.39. The van der Waals surface area contributed by atoms with Gasteiger partial charge in [-0.05, 0) is 47.9 Å². The smallest absolute Gasteiger partial charge is 0.169 e. The monoisotopic (exact) mass is 408 g/mol. The minimum absolute atomic E-state index is 0.605. The van der Waals surface area contributed by atoms with Crippen molar-refractivity contribution in [2.45, 2.75) is 64.5 Å². The van der Waals surface area contributed by atoms with Gasteiger partial charge in [0.2, 0.25) is 0 Å². The zero-order chi connectivity index (χ0) is 21.3. The van der Waals surface area contributed by atoms with Crippen molar-refractivity contribution in [3.8, 4) is 11.1 Å². The molecule has 158 valence electrons. The van der Waals surface area contributed by atoms with Gasteiger partial charge in [-0.1, -0.05) is 23.1 Å². The molecule has 30 heavy (non-hydrogen) atoms. The average molecular weight is 409 g/mol. The number of azide groups is 2. The number of aryl methyl sites for hydroxylation is 2. The van der Waals surface area contributed by atoms with Crippen LogP contribution in [0.25, 0.3) is 32.0 Å². The molecule has 0 saturated heterocycles. The van der Waals surface area contributed by atoms with Crippen LogP contribution in [0, 0.1) is 0 Å². The Balaban J connectivity index is 1.69. The van der Waals surface area contributed by atoms with E-state index in [1.165, 1.54) is 11.1 Å². The van der Waals surface area contributed by atoms with E-state index in [1.807, 2.05) is 0 Å². The van der Waals surface area contributed by atoms with E-state index < -0.39 is 0 Å². The average Bonchev–Trinajstić information content (AvgIpc) is 2.79. The van der Waals surface area contributed by atoms with Gasteiger partial charge < -0.3 is 0 Å². The third-order valence-electron chi connectivity index (χ3n) is 5.09. The largest absolute Gasteiger partial charge is 0.205 e. The highest BCUT2D eigenvalue weighted by molar-refractivity contribution is 5.60. The molecular formula is C22H32N8+2. The van der Waals surface area contributed by atoms with Crippen molar-refractivity contribution in [2.75, 3.05) is 13.1 Å². The quantitative estimate of drug-likeness (QED) is 0.119. The van der Waals surface area contributed by atoms with Crippen LogP contribution in [0.2, 0.25) is 0 Å². The zero-order valence-electron chi connectivity index (χ0n) is 17.7. The van der Waals surface area contributed by atoms with E-state index in [2.05, 4.69) is 78.2 Å². The van der Waals surface area contributed by atoms with E-state index in [1.54, 1.807) is 0 Å². The summed E-state index contributed by atoms with van der Waals surface area (Å²) in [6.45, 7) is 3.24. The van der Waals surface area contributed by atoms with Crippen LogP contribution in [0.4, 0.5) is 0 Å². The Kier molecular flexibility index (Phi) is 11.5. The first-order valence-corrected chi connectivity index (χ1v) is 10.8. The number of hydrogen-bond donors (Lipinski definition) is 0. The van der Waals surface area contributed by atoms with E-state index in [4.69, 9.17) is 11.1 Å². The number of aromatic nitrogens is 2. The minimum Gasteiger partial charge on any atom is -0.205 e. The Morgan fingerprint density at radius 1 is 0.567 bits per heavy atom. The van der Waals surface area contributed by atoms with Crippen LogP contribution < -0.4 is 9.13 Å². The van der Waals surface area contributed by atoms with Crippen molar-refractivity contribution in [3.05, 3.63) is 69.9 Å². The molecule has 0 aliphatic rings. The van der Waals surface area contributed by atoms with Crippen LogP contribution in [0.3, 0.4) is 0 Å². The molecule has 0 saturated carbocycles. The van der Waals surface area contributed by atoms with E-state index in [9.17, 15) is 0 Å². The Bertz CT molecular complexity index is 748. The molecule has 0 bridgehead atoms. The van der Waals surface area contributed by atoms with E-state index in [-0.39, 0.29) is 0 Å². The van der Waals surface area contributed by atoms with Gasteiger partial charge in [-0.25, -0.2) is 9.13 Å². The van der Waals surface area contributed by atoms with Gasteiger partial charge in [0.05, 0.1) is 0 Å². The van der Waals surface area contributed by atoms with E-state index in [0.717, 1.165) is 64.5 Å². The summed E-state index contributed by atoms with van der Waals surface area (Å²) in [6, 6.07) is 8.69. The van der Waals surface area contributed by atoms with Crippen LogP contribution in [-0.4, -0.2) is 13.1 Å². The molecule has 0 radical (unpaired) electrons. The molecule has 8 nitrogen and oxygen atoms in total. The maximum absolute atomic E-state index is 8.25. The topological polar surface area (TPSA) is 105 Å². The SMILES string of the molecule is [N-]=[N+]=NCCCCCC[n+]1ccc(-c2cc[n+](CCCCCCN=[N+]=[N-])cc2)cc1. The molecule has 2 heterocycles. The molecule has 0 spiro atoms. The predicted molar refractivity (Wildman–Crippen MR) is 117 cm³/mol. The van der Waals surface area contributed by atoms with Gasteiger partial charge in [0.1, 0.15) is 13.1 Å². The molecular weight excluding hydrogens is 376 g/mol. The van der Waals surface area contributed by atoms with Crippen LogP contribution in [-0.2, 0) is 13.1 Å². The lowest BCUT2D eigenvalue weighted by molar-refractivity contribution is -0.697. The van der Waals surface area contributed by atoms with Crippen molar-refractivity contribution in [1.82, 2.24) is 0 Å². The van der Waals surface area contributed by atoms with Crippen molar-refractivity contribution < 1.29 is 9.13 Å². The zero-order valence-corrected chi connectivity index (χ0v) is 17.7. The summed E-state index contributed by atoms with van der Waals surface area (Å²) >= 11 is 0. The number of rotatable bonds is 15. The Morgan fingerprint density at radius 2 is 0.933 bits per heavy atom. The molecule has 0 unspecified atom stereocenters. The number of unbranched alkanes of at least 4 members (excludes halogenated alkanes) is 6. The van der Waals surface area contributed by atoms with Crippen LogP contribution in [0.1, 0.15) is 51.4 Å². The fourth-order valence-electron chi connectivity index (χ4n) is 3.35. The molecule has 2 aromatic rings. The first kappa shape index (κ1) is 23.2. The lowest BCUT2D eigenvalue weighted by atomic mass is 10.1. The summed E-state index contributed by atoms with van der Waals surface area (Å²) < 4.78 is 4.45. The van der Waals surface area contributed by atoms with E-state index in [0.29, 0.717) is 13.1 Å². The van der Waals surface area contributed by atoms with Crippen molar-refractivity contribution >= 4 is 0 Å². The Labute approximate surface area is 178 Å². The van der Waals surface area contributed by atoms with Gasteiger partial charge in [0, 0.05) is 60.0 Å². The molecule has 2 aromatic heterocycles. The molecule has 0 amide bonds. The Hall–Kier alpha value is -3.08. The number of hydrogen-bond acceptors (Lipinski definition) is 2. The normalized spacial score (nSPS) is 10.3. The third-order valence-corrected chi connectivity index (χ3v) is 5.09. The highest BCUT2D eigenvalue weighted by Crippen LogP contribution is 2.15. The summed E-state index contributed by atoms with van der Waals surface area (Å²) in [5.41, 5.74) is 19.0. The Morgan fingerprint density at radius 3 is 1.30 bits per heavy atom. The van der Waals surface area contributed by atoms with Crippen molar-refractivity contribution in [3.63, 3.8) is 0 Å². The van der Waals surface area contributed by atoms with Gasteiger partial charge in [0.25, 0.3) is 0 Å². The van der Waals surface area contributed by atoms with Crippen molar-refractivity contribution in [1.29, 1.82) is 0 Å². The molecule has 0 aliphatic heterocycles. The first-order chi connectivity index (χ1) is 14.8.